The van der Waals surface area contributed by atoms with E-state index in [0.717, 1.165) is 16.7 Å². The summed E-state index contributed by atoms with van der Waals surface area (Å²) in [4.78, 5) is 28.2. The topological polar surface area (TPSA) is 80.3 Å². The highest BCUT2D eigenvalue weighted by atomic mass is 16.5. The number of nitrogens with one attached hydrogen (secondary N) is 2. The van der Waals surface area contributed by atoms with Crippen LogP contribution in [-0.2, 0) is 4.79 Å². The Kier molecular flexibility index (Phi) is 6.04. The first-order chi connectivity index (χ1) is 14.0. The number of benzene rings is 2. The third kappa shape index (κ3) is 4.68. The van der Waals surface area contributed by atoms with Crippen molar-refractivity contribution in [3.63, 3.8) is 0 Å². The van der Waals surface area contributed by atoms with Crippen LogP contribution in [0.25, 0.3) is 11.1 Å². The van der Waals surface area contributed by atoms with Crippen molar-refractivity contribution in [2.75, 3.05) is 17.7 Å². The molecule has 29 heavy (non-hydrogen) atoms. The van der Waals surface area contributed by atoms with Crippen LogP contribution in [0.2, 0.25) is 0 Å². The lowest BCUT2D eigenvalue weighted by atomic mass is 9.98. The fourth-order valence-electron chi connectivity index (χ4n) is 2.89. The lowest BCUT2D eigenvalue weighted by Crippen LogP contribution is -2.12. The number of hydrogen-bond acceptors (Lipinski definition) is 4. The van der Waals surface area contributed by atoms with Crippen molar-refractivity contribution in [1.82, 2.24) is 4.98 Å². The van der Waals surface area contributed by atoms with E-state index in [0.29, 0.717) is 22.8 Å². The van der Waals surface area contributed by atoms with Crippen LogP contribution >= 0.6 is 0 Å². The molecule has 0 radical (unpaired) electrons. The molecule has 3 aromatic rings. The average molecular weight is 387 g/mol. The summed E-state index contributed by atoms with van der Waals surface area (Å²) in [5, 5.41) is 5.69. The summed E-state index contributed by atoms with van der Waals surface area (Å²) in [5.41, 5.74) is 4.59. The Bertz CT molecular complexity index is 1060. The van der Waals surface area contributed by atoms with Crippen molar-refractivity contribution < 1.29 is 14.3 Å². The Hall–Kier alpha value is -3.93. The molecule has 0 atom stereocenters. The standard InChI is InChI=1S/C23H21N3O3/c1-4-21(27)26-20-8-6-5-7-19(20)18-11-10-17(13-15(18)2)25-23(28)16-9-12-22(29-3)24-14-16/h4-14H,1H2,2-3H3,(H,25,28)(H,26,27). The minimum atomic E-state index is -0.271. The second kappa shape index (κ2) is 8.84. The number of para-hydroxylation sites is 1. The quantitative estimate of drug-likeness (QED) is 0.613. The zero-order chi connectivity index (χ0) is 20.8. The van der Waals surface area contributed by atoms with Gasteiger partial charge in [-0.05, 0) is 48.4 Å². The Morgan fingerprint density at radius 3 is 2.48 bits per heavy atom. The number of hydrogen-bond donors (Lipinski definition) is 2. The molecule has 6 heteroatoms. The van der Waals surface area contributed by atoms with E-state index >= 15 is 0 Å². The van der Waals surface area contributed by atoms with Gasteiger partial charge in [0, 0.05) is 29.2 Å². The van der Waals surface area contributed by atoms with Gasteiger partial charge in [0.15, 0.2) is 0 Å². The van der Waals surface area contributed by atoms with Crippen molar-refractivity contribution in [2.24, 2.45) is 0 Å². The number of carbonyl (C=O) groups excluding carboxylic acids is 2. The number of carbonyl (C=O) groups is 2. The fourth-order valence-corrected chi connectivity index (χ4v) is 2.89. The molecule has 2 amide bonds. The molecular weight excluding hydrogens is 366 g/mol. The van der Waals surface area contributed by atoms with E-state index in [1.165, 1.54) is 19.4 Å². The van der Waals surface area contributed by atoms with E-state index in [1.807, 2.05) is 49.4 Å². The third-order valence-electron chi connectivity index (χ3n) is 4.35. The molecule has 6 nitrogen and oxygen atoms in total. The van der Waals surface area contributed by atoms with E-state index in [-0.39, 0.29) is 11.8 Å². The summed E-state index contributed by atoms with van der Waals surface area (Å²) in [6.07, 6.45) is 2.70. The second-order valence-electron chi connectivity index (χ2n) is 6.31. The zero-order valence-corrected chi connectivity index (χ0v) is 16.2. The number of rotatable bonds is 6. The van der Waals surface area contributed by atoms with Crippen molar-refractivity contribution in [3.05, 3.63) is 84.6 Å². The third-order valence-corrected chi connectivity index (χ3v) is 4.35. The molecule has 0 unspecified atom stereocenters. The minimum absolute atomic E-state index is 0.258. The predicted octanol–water partition coefficient (Wildman–Crippen LogP) is 4.44. The average Bonchev–Trinajstić information content (AvgIpc) is 2.74. The predicted molar refractivity (Wildman–Crippen MR) is 114 cm³/mol. The minimum Gasteiger partial charge on any atom is -0.481 e. The van der Waals surface area contributed by atoms with E-state index < -0.39 is 0 Å². The molecule has 3 rings (SSSR count). The number of aryl methyl sites for hydroxylation is 1. The maximum absolute atomic E-state index is 12.4. The van der Waals surface area contributed by atoms with Gasteiger partial charge in [0.25, 0.3) is 5.91 Å². The summed E-state index contributed by atoms with van der Waals surface area (Å²) in [7, 11) is 1.52. The van der Waals surface area contributed by atoms with Crippen LogP contribution < -0.4 is 15.4 Å². The maximum atomic E-state index is 12.4. The van der Waals surface area contributed by atoms with Crippen LogP contribution in [0, 0.1) is 6.92 Å². The number of pyridine rings is 1. The van der Waals surface area contributed by atoms with Crippen molar-refractivity contribution in [3.8, 4) is 17.0 Å². The molecule has 146 valence electrons. The van der Waals surface area contributed by atoms with Crippen molar-refractivity contribution in [2.45, 2.75) is 6.92 Å². The van der Waals surface area contributed by atoms with Crippen molar-refractivity contribution >= 4 is 23.2 Å². The molecule has 0 saturated carbocycles. The molecular formula is C23H21N3O3. The van der Waals surface area contributed by atoms with Gasteiger partial charge >= 0.3 is 0 Å². The van der Waals surface area contributed by atoms with E-state index in [2.05, 4.69) is 22.2 Å². The van der Waals surface area contributed by atoms with Gasteiger partial charge in [-0.3, -0.25) is 9.59 Å². The first kappa shape index (κ1) is 19.8. The number of amides is 2. The highest BCUT2D eigenvalue weighted by molar-refractivity contribution is 6.04. The summed E-state index contributed by atoms with van der Waals surface area (Å²) >= 11 is 0. The number of ether oxygens (including phenoxy) is 1. The van der Waals surface area contributed by atoms with Crippen molar-refractivity contribution in [1.29, 1.82) is 0 Å². The number of methoxy groups -OCH3 is 1. The molecule has 0 bridgehead atoms. The van der Waals surface area contributed by atoms with Crippen LogP contribution in [0.4, 0.5) is 11.4 Å². The van der Waals surface area contributed by atoms with Gasteiger partial charge in [0.05, 0.1) is 12.7 Å². The van der Waals surface area contributed by atoms with Crippen LogP contribution in [0.5, 0.6) is 5.88 Å². The summed E-state index contributed by atoms with van der Waals surface area (Å²) in [6, 6.07) is 16.4. The molecule has 0 aliphatic rings. The molecule has 0 aliphatic carbocycles. The Morgan fingerprint density at radius 1 is 1.03 bits per heavy atom. The first-order valence-electron chi connectivity index (χ1n) is 8.96. The fraction of sp³-hybridized carbons (Fsp3) is 0.0870. The summed E-state index contributed by atoms with van der Waals surface area (Å²) in [5.74, 6) is -0.0815. The van der Waals surface area contributed by atoms with Gasteiger partial charge in [0.2, 0.25) is 11.8 Å². The zero-order valence-electron chi connectivity index (χ0n) is 16.2. The van der Waals surface area contributed by atoms with Gasteiger partial charge in [0.1, 0.15) is 0 Å². The van der Waals surface area contributed by atoms with Crippen LogP contribution in [0.3, 0.4) is 0 Å². The summed E-state index contributed by atoms with van der Waals surface area (Å²) < 4.78 is 5.00. The Morgan fingerprint density at radius 2 is 1.83 bits per heavy atom. The van der Waals surface area contributed by atoms with E-state index in [1.54, 1.807) is 12.1 Å². The Labute approximate surface area is 169 Å². The lowest BCUT2D eigenvalue weighted by molar-refractivity contribution is -0.111. The lowest BCUT2D eigenvalue weighted by Gasteiger charge is -2.14. The molecule has 0 fully saturated rings. The maximum Gasteiger partial charge on any atom is 0.257 e. The number of anilines is 2. The smallest absolute Gasteiger partial charge is 0.257 e. The molecule has 1 aromatic heterocycles. The van der Waals surface area contributed by atoms with Gasteiger partial charge < -0.3 is 15.4 Å². The molecule has 0 aliphatic heterocycles. The van der Waals surface area contributed by atoms with Crippen LogP contribution in [0.1, 0.15) is 15.9 Å². The van der Waals surface area contributed by atoms with Crippen LogP contribution in [-0.4, -0.2) is 23.9 Å². The molecule has 0 saturated heterocycles. The molecule has 2 N–H and O–H groups in total. The van der Waals surface area contributed by atoms with Crippen LogP contribution in [0.15, 0.2) is 73.4 Å². The first-order valence-corrected chi connectivity index (χ1v) is 8.96. The van der Waals surface area contributed by atoms with Gasteiger partial charge in [-0.2, -0.15) is 0 Å². The Balaban J connectivity index is 1.83. The highest BCUT2D eigenvalue weighted by Gasteiger charge is 2.11. The monoisotopic (exact) mass is 387 g/mol. The largest absolute Gasteiger partial charge is 0.481 e. The van der Waals surface area contributed by atoms with Gasteiger partial charge in [-0.25, -0.2) is 4.98 Å². The van der Waals surface area contributed by atoms with Gasteiger partial charge in [-0.1, -0.05) is 30.8 Å². The molecule has 1 heterocycles. The molecule has 0 spiro atoms. The second-order valence-corrected chi connectivity index (χ2v) is 6.31. The van der Waals surface area contributed by atoms with E-state index in [9.17, 15) is 9.59 Å². The SMILES string of the molecule is C=CC(=O)Nc1ccccc1-c1ccc(NC(=O)c2ccc(OC)nc2)cc1C. The normalized spacial score (nSPS) is 10.1. The molecule has 2 aromatic carbocycles. The highest BCUT2D eigenvalue weighted by Crippen LogP contribution is 2.32. The number of aromatic nitrogens is 1. The van der Waals surface area contributed by atoms with E-state index in [4.69, 9.17) is 4.74 Å². The number of nitrogens with zero attached hydrogens (tertiary/aromatic N) is 1. The van der Waals surface area contributed by atoms with Gasteiger partial charge in [-0.15, -0.1) is 0 Å². The summed E-state index contributed by atoms with van der Waals surface area (Å²) in [6.45, 7) is 5.44.